The molecule has 0 bridgehead atoms. The minimum absolute atomic E-state index is 0.0151. The molecular formula is C22H20BrNO4. The van der Waals surface area contributed by atoms with E-state index in [1.165, 1.54) is 0 Å². The van der Waals surface area contributed by atoms with E-state index in [9.17, 15) is 4.79 Å². The van der Waals surface area contributed by atoms with Crippen LogP contribution in [0.3, 0.4) is 0 Å². The van der Waals surface area contributed by atoms with E-state index in [0.29, 0.717) is 23.7 Å². The van der Waals surface area contributed by atoms with Crippen molar-refractivity contribution in [1.29, 1.82) is 0 Å². The maximum Gasteiger partial charge on any atom is 0.225 e. The molecule has 0 saturated carbocycles. The lowest BCUT2D eigenvalue weighted by atomic mass is 9.83. The Hall–Kier alpha value is -2.73. The van der Waals surface area contributed by atoms with E-state index in [4.69, 9.17) is 14.2 Å². The van der Waals surface area contributed by atoms with Gasteiger partial charge in [0, 0.05) is 22.2 Å². The Bertz CT molecular complexity index is 1050. The van der Waals surface area contributed by atoms with Crippen LogP contribution in [0.15, 0.2) is 46.9 Å². The number of rotatable bonds is 4. The topological polar surface area (TPSA) is 56.8 Å². The molecule has 28 heavy (non-hydrogen) atoms. The monoisotopic (exact) mass is 441 g/mol. The van der Waals surface area contributed by atoms with Gasteiger partial charge in [-0.15, -0.1) is 0 Å². The third-order valence-electron chi connectivity index (χ3n) is 5.14. The summed E-state index contributed by atoms with van der Waals surface area (Å²) in [5.74, 6) is 1.54. The smallest absolute Gasteiger partial charge is 0.225 e. The number of anilines is 1. The van der Waals surface area contributed by atoms with Crippen molar-refractivity contribution in [3.63, 3.8) is 0 Å². The standard InChI is InChI=1S/C22H20BrNO4/c1-26-18-8-12(9-19(27-2)22(18)28-3)15-11-20(25)24-21-14-7-5-4-6-13(14)17(23)10-16(15)21/h4-10,15H,11H2,1-3H3,(H,24,25). The zero-order valence-corrected chi connectivity index (χ0v) is 17.4. The van der Waals surface area contributed by atoms with E-state index in [1.54, 1.807) is 21.3 Å². The third-order valence-corrected chi connectivity index (χ3v) is 5.80. The van der Waals surface area contributed by atoms with Gasteiger partial charge in [0.2, 0.25) is 11.7 Å². The van der Waals surface area contributed by atoms with Crippen LogP contribution >= 0.6 is 15.9 Å². The Labute approximate surface area is 171 Å². The number of fused-ring (bicyclic) bond motifs is 3. The molecule has 0 aromatic heterocycles. The summed E-state index contributed by atoms with van der Waals surface area (Å²) in [6, 6.07) is 13.9. The SMILES string of the molecule is COc1cc(C2CC(=O)Nc3c2cc(Br)c2ccccc32)cc(OC)c1OC. The second kappa shape index (κ2) is 7.36. The Kier molecular flexibility index (Phi) is 4.89. The van der Waals surface area contributed by atoms with Crippen molar-refractivity contribution in [2.24, 2.45) is 0 Å². The molecule has 0 fully saturated rings. The zero-order valence-electron chi connectivity index (χ0n) is 15.8. The summed E-state index contributed by atoms with van der Waals surface area (Å²) in [6.07, 6.45) is 0.344. The van der Waals surface area contributed by atoms with Gasteiger partial charge >= 0.3 is 0 Å². The normalized spacial score (nSPS) is 15.7. The number of amides is 1. The average Bonchev–Trinajstić information content (AvgIpc) is 2.73. The van der Waals surface area contributed by atoms with Crippen LogP contribution in [0.5, 0.6) is 17.2 Å². The summed E-state index contributed by atoms with van der Waals surface area (Å²) in [5.41, 5.74) is 2.85. The first-order valence-corrected chi connectivity index (χ1v) is 9.67. The Morgan fingerprint density at radius 2 is 1.61 bits per heavy atom. The average molecular weight is 442 g/mol. The molecule has 3 aromatic rings. The second-order valence-corrected chi connectivity index (χ2v) is 7.49. The lowest BCUT2D eigenvalue weighted by Crippen LogP contribution is -2.24. The predicted octanol–water partition coefficient (Wildman–Crippen LogP) is 5.10. The van der Waals surface area contributed by atoms with Crippen LogP contribution in [-0.2, 0) is 4.79 Å². The summed E-state index contributed by atoms with van der Waals surface area (Å²) in [4.78, 5) is 12.6. The van der Waals surface area contributed by atoms with Gasteiger partial charge < -0.3 is 19.5 Å². The largest absolute Gasteiger partial charge is 0.493 e. The van der Waals surface area contributed by atoms with Gasteiger partial charge in [0.25, 0.3) is 0 Å². The van der Waals surface area contributed by atoms with Gasteiger partial charge in [-0.25, -0.2) is 0 Å². The first kappa shape index (κ1) is 18.6. The Morgan fingerprint density at radius 3 is 2.21 bits per heavy atom. The fourth-order valence-corrected chi connectivity index (χ4v) is 4.44. The molecule has 1 N–H and O–H groups in total. The number of ether oxygens (including phenoxy) is 3. The minimum Gasteiger partial charge on any atom is -0.493 e. The zero-order chi connectivity index (χ0) is 19.8. The predicted molar refractivity (Wildman–Crippen MR) is 113 cm³/mol. The van der Waals surface area contributed by atoms with Crippen molar-refractivity contribution in [2.45, 2.75) is 12.3 Å². The van der Waals surface area contributed by atoms with Crippen LogP contribution in [0.2, 0.25) is 0 Å². The number of carbonyl (C=O) groups excluding carboxylic acids is 1. The van der Waals surface area contributed by atoms with Gasteiger partial charge in [-0.3, -0.25) is 4.79 Å². The number of halogens is 1. The van der Waals surface area contributed by atoms with Crippen molar-refractivity contribution in [2.75, 3.05) is 26.6 Å². The fourth-order valence-electron chi connectivity index (χ4n) is 3.85. The molecule has 3 aromatic carbocycles. The molecule has 144 valence electrons. The number of benzene rings is 3. The number of hydrogen-bond donors (Lipinski definition) is 1. The van der Waals surface area contributed by atoms with Crippen LogP contribution in [0, 0.1) is 0 Å². The molecule has 0 radical (unpaired) electrons. The van der Waals surface area contributed by atoms with Gasteiger partial charge in [0.1, 0.15) is 0 Å². The van der Waals surface area contributed by atoms with E-state index in [2.05, 4.69) is 27.3 Å². The van der Waals surface area contributed by atoms with Crippen molar-refractivity contribution in [3.05, 3.63) is 58.1 Å². The van der Waals surface area contributed by atoms with Gasteiger partial charge in [-0.05, 0) is 34.7 Å². The minimum atomic E-state index is -0.127. The van der Waals surface area contributed by atoms with Crippen LogP contribution in [-0.4, -0.2) is 27.2 Å². The molecule has 1 amide bonds. The number of nitrogens with one attached hydrogen (secondary N) is 1. The molecule has 1 aliphatic heterocycles. The summed E-state index contributed by atoms with van der Waals surface area (Å²) >= 11 is 3.69. The van der Waals surface area contributed by atoms with Crippen LogP contribution < -0.4 is 19.5 Å². The summed E-state index contributed by atoms with van der Waals surface area (Å²) in [7, 11) is 4.76. The van der Waals surface area contributed by atoms with Gasteiger partial charge in [0.05, 0.1) is 27.0 Å². The molecule has 0 aliphatic carbocycles. The molecule has 6 heteroatoms. The van der Waals surface area contributed by atoms with Crippen molar-refractivity contribution in [1.82, 2.24) is 0 Å². The van der Waals surface area contributed by atoms with Crippen LogP contribution in [0.4, 0.5) is 5.69 Å². The Balaban J connectivity index is 1.95. The van der Waals surface area contributed by atoms with Crippen molar-refractivity contribution < 1.29 is 19.0 Å². The fraction of sp³-hybridized carbons (Fsp3) is 0.227. The van der Waals surface area contributed by atoms with Gasteiger partial charge in [0.15, 0.2) is 11.5 Å². The second-order valence-electron chi connectivity index (χ2n) is 6.63. The first-order chi connectivity index (χ1) is 13.6. The number of carbonyl (C=O) groups is 1. The quantitative estimate of drug-likeness (QED) is 0.611. The van der Waals surface area contributed by atoms with E-state index < -0.39 is 0 Å². The lowest BCUT2D eigenvalue weighted by molar-refractivity contribution is -0.116. The van der Waals surface area contributed by atoms with E-state index in [-0.39, 0.29) is 11.8 Å². The van der Waals surface area contributed by atoms with Crippen LogP contribution in [0.25, 0.3) is 10.8 Å². The first-order valence-electron chi connectivity index (χ1n) is 8.88. The van der Waals surface area contributed by atoms with Gasteiger partial charge in [-0.1, -0.05) is 40.2 Å². The highest BCUT2D eigenvalue weighted by molar-refractivity contribution is 9.10. The number of hydrogen-bond acceptors (Lipinski definition) is 4. The maximum atomic E-state index is 12.6. The highest BCUT2D eigenvalue weighted by Crippen LogP contribution is 2.47. The summed E-state index contributed by atoms with van der Waals surface area (Å²) in [6.45, 7) is 0. The molecule has 1 unspecified atom stereocenters. The van der Waals surface area contributed by atoms with E-state index in [0.717, 1.165) is 32.1 Å². The summed E-state index contributed by atoms with van der Waals surface area (Å²) in [5, 5.41) is 5.14. The Morgan fingerprint density at radius 1 is 0.964 bits per heavy atom. The highest BCUT2D eigenvalue weighted by atomic mass is 79.9. The molecule has 0 spiro atoms. The molecule has 5 nitrogen and oxygen atoms in total. The van der Waals surface area contributed by atoms with E-state index in [1.807, 2.05) is 36.4 Å². The molecule has 0 saturated heterocycles. The maximum absolute atomic E-state index is 12.6. The van der Waals surface area contributed by atoms with Gasteiger partial charge in [-0.2, -0.15) is 0 Å². The summed E-state index contributed by atoms with van der Waals surface area (Å²) < 4.78 is 17.4. The number of methoxy groups -OCH3 is 3. The molecule has 1 heterocycles. The van der Waals surface area contributed by atoms with Crippen molar-refractivity contribution in [3.8, 4) is 17.2 Å². The molecular weight excluding hydrogens is 422 g/mol. The molecule has 1 atom stereocenters. The lowest BCUT2D eigenvalue weighted by Gasteiger charge is -2.28. The van der Waals surface area contributed by atoms with Crippen molar-refractivity contribution >= 4 is 38.3 Å². The van der Waals surface area contributed by atoms with Crippen LogP contribution in [0.1, 0.15) is 23.5 Å². The van der Waals surface area contributed by atoms with E-state index >= 15 is 0 Å². The molecule has 4 rings (SSSR count). The molecule has 1 aliphatic rings. The highest BCUT2D eigenvalue weighted by Gasteiger charge is 2.30. The third kappa shape index (κ3) is 2.98.